The molecule has 0 amide bonds. The van der Waals surface area contributed by atoms with Gasteiger partial charge in [0.1, 0.15) is 10.8 Å². The lowest BCUT2D eigenvalue weighted by atomic mass is 10.8. The summed E-state index contributed by atoms with van der Waals surface area (Å²) in [6.07, 6.45) is 1.46. The molecule has 0 aromatic heterocycles. The summed E-state index contributed by atoms with van der Waals surface area (Å²) in [5.74, 6) is 0.274. The molecule has 0 N–H and O–H groups in total. The molecule has 38 valence electrons. The van der Waals surface area contributed by atoms with Crippen molar-refractivity contribution in [2.24, 2.45) is 0 Å². The van der Waals surface area contributed by atoms with Gasteiger partial charge in [0.05, 0.1) is 5.75 Å². The summed E-state index contributed by atoms with van der Waals surface area (Å²) in [5, 5.41) is 9.43. The van der Waals surface area contributed by atoms with Crippen molar-refractivity contribution >= 4 is 10.8 Å². The number of hydrogen-bond donors (Lipinski definition) is 0. The number of nitrogens with zero attached hydrogens (tertiary/aromatic N) is 1. The third-order valence-corrected chi connectivity index (χ3v) is 1.11. The fourth-order valence-electron chi connectivity index (χ4n) is 0.144. The van der Waals surface area contributed by atoms with Gasteiger partial charge in [-0.1, -0.05) is 6.08 Å². The van der Waals surface area contributed by atoms with Crippen LogP contribution in [-0.2, 0) is 10.8 Å². The van der Waals surface area contributed by atoms with Crippen LogP contribution in [0.1, 0.15) is 0 Å². The molecular weight excluding hydrogens is 110 g/mol. The van der Waals surface area contributed by atoms with Gasteiger partial charge in [-0.15, -0.1) is 6.58 Å². The molecule has 0 aliphatic rings. The normalized spacial score (nSPS) is 11.9. The number of thiocyanates is 1. The van der Waals surface area contributed by atoms with Crippen LogP contribution in [0.4, 0.5) is 0 Å². The highest BCUT2D eigenvalue weighted by Gasteiger charge is 1.86. The van der Waals surface area contributed by atoms with Crippen LogP contribution in [0.15, 0.2) is 12.7 Å². The van der Waals surface area contributed by atoms with Gasteiger partial charge >= 0.3 is 0 Å². The van der Waals surface area contributed by atoms with Crippen LogP contribution in [0.25, 0.3) is 0 Å². The number of rotatable bonds is 2. The third-order valence-electron chi connectivity index (χ3n) is 0.371. The Morgan fingerprint density at radius 3 is 2.71 bits per heavy atom. The van der Waals surface area contributed by atoms with E-state index in [-0.39, 0.29) is 5.75 Å². The molecular formula is C4H5NOS. The molecule has 0 radical (unpaired) electrons. The van der Waals surface area contributed by atoms with Crippen LogP contribution in [0.5, 0.6) is 0 Å². The Labute approximate surface area is 44.9 Å². The Bertz CT molecular complexity index is 124. The summed E-state index contributed by atoms with van der Waals surface area (Å²) < 4.78 is 10.1. The van der Waals surface area contributed by atoms with Crippen LogP contribution >= 0.6 is 0 Å². The van der Waals surface area contributed by atoms with E-state index in [9.17, 15) is 4.21 Å². The molecule has 0 aromatic carbocycles. The Balaban J connectivity index is 3.43. The zero-order valence-electron chi connectivity index (χ0n) is 3.76. The van der Waals surface area contributed by atoms with Gasteiger partial charge in [0.15, 0.2) is 5.40 Å². The molecule has 0 fully saturated rings. The molecule has 0 saturated carbocycles. The zero-order valence-corrected chi connectivity index (χ0v) is 4.57. The van der Waals surface area contributed by atoms with Crippen LogP contribution < -0.4 is 0 Å². The monoisotopic (exact) mass is 115 g/mol. The van der Waals surface area contributed by atoms with Crippen LogP contribution in [0.3, 0.4) is 0 Å². The minimum absolute atomic E-state index is 0.274. The van der Waals surface area contributed by atoms with E-state index in [1.54, 1.807) is 5.40 Å². The quantitative estimate of drug-likeness (QED) is 0.386. The molecule has 0 bridgehead atoms. The van der Waals surface area contributed by atoms with Gasteiger partial charge in [0.25, 0.3) is 0 Å². The highest BCUT2D eigenvalue weighted by molar-refractivity contribution is 7.89. The first-order valence-corrected chi connectivity index (χ1v) is 3.02. The molecule has 3 heteroatoms. The van der Waals surface area contributed by atoms with E-state index >= 15 is 0 Å². The summed E-state index contributed by atoms with van der Waals surface area (Å²) in [5.41, 5.74) is 0. The van der Waals surface area contributed by atoms with Crippen LogP contribution in [0, 0.1) is 10.7 Å². The molecule has 1 unspecified atom stereocenters. The van der Waals surface area contributed by atoms with Crippen LogP contribution in [-0.4, -0.2) is 9.96 Å². The Kier molecular flexibility index (Phi) is 3.25. The fraction of sp³-hybridized carbons (Fsp3) is 0.250. The van der Waals surface area contributed by atoms with Crippen molar-refractivity contribution in [2.75, 3.05) is 5.75 Å². The summed E-state index contributed by atoms with van der Waals surface area (Å²) in [6, 6.07) is 0. The van der Waals surface area contributed by atoms with Gasteiger partial charge in [-0.2, -0.15) is 5.26 Å². The topological polar surface area (TPSA) is 40.9 Å². The van der Waals surface area contributed by atoms with Gasteiger partial charge in [-0.3, -0.25) is 0 Å². The maximum atomic E-state index is 10.1. The second-order valence-electron chi connectivity index (χ2n) is 0.892. The minimum Gasteiger partial charge on any atom is -0.243 e. The second kappa shape index (κ2) is 3.57. The molecule has 0 aromatic rings. The van der Waals surface area contributed by atoms with E-state index in [4.69, 9.17) is 5.26 Å². The summed E-state index contributed by atoms with van der Waals surface area (Å²) in [4.78, 5) is 0. The Morgan fingerprint density at radius 2 is 2.57 bits per heavy atom. The van der Waals surface area contributed by atoms with Gasteiger partial charge in [-0.25, -0.2) is 4.21 Å². The van der Waals surface area contributed by atoms with Gasteiger partial charge in [-0.05, 0) is 0 Å². The second-order valence-corrected chi connectivity index (χ2v) is 2.10. The SMILES string of the molecule is C=CCS(=O)C#N. The smallest absolute Gasteiger partial charge is 0.166 e. The predicted molar refractivity (Wildman–Crippen MR) is 28.8 cm³/mol. The van der Waals surface area contributed by atoms with Crippen molar-refractivity contribution < 1.29 is 4.21 Å². The Morgan fingerprint density at radius 1 is 2.00 bits per heavy atom. The summed E-state index contributed by atoms with van der Waals surface area (Å²) in [7, 11) is -1.34. The van der Waals surface area contributed by atoms with Crippen molar-refractivity contribution in [3.05, 3.63) is 12.7 Å². The number of hydrogen-bond acceptors (Lipinski definition) is 2. The van der Waals surface area contributed by atoms with E-state index in [1.807, 2.05) is 0 Å². The van der Waals surface area contributed by atoms with Gasteiger partial charge < -0.3 is 0 Å². The minimum atomic E-state index is -1.34. The largest absolute Gasteiger partial charge is 0.243 e. The average Bonchev–Trinajstić information content (AvgIpc) is 1.68. The lowest BCUT2D eigenvalue weighted by Crippen LogP contribution is -1.85. The first kappa shape index (κ1) is 6.38. The van der Waals surface area contributed by atoms with E-state index in [0.29, 0.717) is 0 Å². The molecule has 0 heterocycles. The molecule has 1 atom stereocenters. The molecule has 2 nitrogen and oxygen atoms in total. The lowest BCUT2D eigenvalue weighted by Gasteiger charge is -1.74. The molecule has 0 spiro atoms. The van der Waals surface area contributed by atoms with Crippen molar-refractivity contribution in [3.8, 4) is 5.40 Å². The maximum Gasteiger partial charge on any atom is 0.166 e. The first-order chi connectivity index (χ1) is 3.31. The fourth-order valence-corrected chi connectivity index (χ4v) is 0.433. The molecule has 7 heavy (non-hydrogen) atoms. The highest BCUT2D eigenvalue weighted by atomic mass is 32.2. The first-order valence-electron chi connectivity index (χ1n) is 1.70. The molecule has 0 saturated heterocycles. The molecule has 0 rings (SSSR count). The van der Waals surface area contributed by atoms with Gasteiger partial charge in [0.2, 0.25) is 0 Å². The van der Waals surface area contributed by atoms with Crippen molar-refractivity contribution in [2.45, 2.75) is 0 Å². The van der Waals surface area contributed by atoms with E-state index in [0.717, 1.165) is 0 Å². The van der Waals surface area contributed by atoms with Crippen molar-refractivity contribution in [3.63, 3.8) is 0 Å². The highest BCUT2D eigenvalue weighted by Crippen LogP contribution is 1.75. The maximum absolute atomic E-state index is 10.1. The van der Waals surface area contributed by atoms with E-state index in [2.05, 4.69) is 6.58 Å². The van der Waals surface area contributed by atoms with Crippen molar-refractivity contribution in [1.82, 2.24) is 0 Å². The van der Waals surface area contributed by atoms with E-state index < -0.39 is 10.8 Å². The lowest BCUT2D eigenvalue weighted by molar-refractivity contribution is 0.690. The zero-order chi connectivity index (χ0) is 5.70. The summed E-state index contributed by atoms with van der Waals surface area (Å²) >= 11 is 0. The summed E-state index contributed by atoms with van der Waals surface area (Å²) in [6.45, 7) is 3.30. The molecule has 0 aliphatic carbocycles. The predicted octanol–water partition coefficient (Wildman–Crippen LogP) is 0.402. The Hall–Kier alpha value is -0.620. The average molecular weight is 115 g/mol. The molecule has 0 aliphatic heterocycles. The van der Waals surface area contributed by atoms with Gasteiger partial charge in [0, 0.05) is 0 Å². The third kappa shape index (κ3) is 3.20. The standard InChI is InChI=1S/C4H5NOS/c1-2-3-7(6)4-5/h2H,1,3H2. The van der Waals surface area contributed by atoms with Crippen LogP contribution in [0.2, 0.25) is 0 Å². The van der Waals surface area contributed by atoms with Crippen molar-refractivity contribution in [1.29, 1.82) is 5.26 Å². The van der Waals surface area contributed by atoms with E-state index in [1.165, 1.54) is 6.08 Å². The number of nitriles is 1.